The van der Waals surface area contributed by atoms with Gasteiger partial charge in [-0.3, -0.25) is 10.5 Å². The largest absolute Gasteiger partial charge is 0.271 e. The van der Waals surface area contributed by atoms with Gasteiger partial charge in [0.1, 0.15) is 0 Å². The number of nitrogens with two attached hydrogens (primary N) is 1. The van der Waals surface area contributed by atoms with Crippen LogP contribution in [0.5, 0.6) is 0 Å². The Balaban J connectivity index is 2.46. The third-order valence-corrected chi connectivity index (χ3v) is 3.06. The highest BCUT2D eigenvalue weighted by Crippen LogP contribution is 2.24. The molecule has 1 unspecified atom stereocenters. The van der Waals surface area contributed by atoms with E-state index in [-0.39, 0.29) is 6.04 Å². The van der Waals surface area contributed by atoms with Gasteiger partial charge < -0.3 is 0 Å². The lowest BCUT2D eigenvalue weighted by molar-refractivity contribution is 0.573. The van der Waals surface area contributed by atoms with Crippen LogP contribution in [0.1, 0.15) is 28.4 Å². The van der Waals surface area contributed by atoms with Crippen molar-refractivity contribution in [1.29, 1.82) is 0 Å². The second kappa shape index (κ2) is 4.69. The molecule has 1 aromatic heterocycles. The van der Waals surface area contributed by atoms with Crippen LogP contribution in [0.25, 0.3) is 0 Å². The topological polar surface area (TPSA) is 55.9 Å². The van der Waals surface area contributed by atoms with Gasteiger partial charge in [0.2, 0.25) is 0 Å². The average molecular weight is 230 g/mol. The van der Waals surface area contributed by atoms with Gasteiger partial charge in [0.25, 0.3) is 0 Å². The lowest BCUT2D eigenvalue weighted by Gasteiger charge is -2.19. The van der Waals surface area contributed by atoms with Crippen molar-refractivity contribution in [3.8, 4) is 0 Å². The number of hydrogen-bond acceptors (Lipinski definition) is 3. The van der Waals surface area contributed by atoms with Gasteiger partial charge in [0.15, 0.2) is 0 Å². The number of aryl methyl sites for hydroxylation is 3. The summed E-state index contributed by atoms with van der Waals surface area (Å²) in [7, 11) is 1.92. The molecule has 0 bridgehead atoms. The van der Waals surface area contributed by atoms with Gasteiger partial charge in [-0.15, -0.1) is 0 Å². The highest BCUT2D eigenvalue weighted by molar-refractivity contribution is 5.36. The number of nitrogens with one attached hydrogen (secondary N) is 1. The van der Waals surface area contributed by atoms with Crippen molar-refractivity contribution in [2.75, 3.05) is 0 Å². The smallest absolute Gasteiger partial charge is 0.0880 e. The number of rotatable bonds is 3. The second-order valence-corrected chi connectivity index (χ2v) is 4.34. The third kappa shape index (κ3) is 2.23. The van der Waals surface area contributed by atoms with Crippen LogP contribution in [0, 0.1) is 13.8 Å². The van der Waals surface area contributed by atoms with Crippen LogP contribution in [-0.4, -0.2) is 9.78 Å². The van der Waals surface area contributed by atoms with E-state index in [0.717, 1.165) is 5.69 Å². The summed E-state index contributed by atoms with van der Waals surface area (Å²) in [4.78, 5) is 0. The molecule has 90 valence electrons. The van der Waals surface area contributed by atoms with Crippen molar-refractivity contribution in [1.82, 2.24) is 15.2 Å². The molecule has 2 rings (SSSR count). The number of benzene rings is 1. The van der Waals surface area contributed by atoms with Crippen LogP contribution < -0.4 is 11.3 Å². The Morgan fingerprint density at radius 1 is 1.29 bits per heavy atom. The molecule has 2 aromatic rings. The second-order valence-electron chi connectivity index (χ2n) is 4.34. The van der Waals surface area contributed by atoms with Crippen molar-refractivity contribution >= 4 is 0 Å². The quantitative estimate of drug-likeness (QED) is 0.622. The lowest BCUT2D eigenvalue weighted by atomic mass is 9.97. The molecule has 0 aliphatic heterocycles. The summed E-state index contributed by atoms with van der Waals surface area (Å²) in [6.45, 7) is 4.19. The Hall–Kier alpha value is -1.65. The lowest BCUT2D eigenvalue weighted by Crippen LogP contribution is -2.30. The molecule has 1 atom stereocenters. The molecule has 0 saturated carbocycles. The van der Waals surface area contributed by atoms with Crippen LogP contribution >= 0.6 is 0 Å². The minimum Gasteiger partial charge on any atom is -0.271 e. The molecule has 0 radical (unpaired) electrons. The first kappa shape index (κ1) is 11.8. The zero-order valence-electron chi connectivity index (χ0n) is 10.4. The van der Waals surface area contributed by atoms with Crippen molar-refractivity contribution in [3.63, 3.8) is 0 Å². The molecule has 4 heteroatoms. The van der Waals surface area contributed by atoms with E-state index < -0.39 is 0 Å². The first-order valence-electron chi connectivity index (χ1n) is 5.64. The standard InChI is InChI=1S/C13H18N4/c1-9-4-5-11(10(2)8-9)13(16-14)12-6-7-15-17(12)3/h4-8,13,16H,14H2,1-3H3. The van der Waals surface area contributed by atoms with Crippen LogP contribution in [0.15, 0.2) is 30.5 Å². The van der Waals surface area contributed by atoms with E-state index in [1.165, 1.54) is 16.7 Å². The van der Waals surface area contributed by atoms with E-state index >= 15 is 0 Å². The Labute approximate surface area is 101 Å². The SMILES string of the molecule is Cc1ccc(C(NN)c2ccnn2C)c(C)c1. The molecule has 0 aliphatic carbocycles. The molecule has 0 amide bonds. The molecule has 0 spiro atoms. The van der Waals surface area contributed by atoms with E-state index in [4.69, 9.17) is 5.84 Å². The van der Waals surface area contributed by atoms with Crippen LogP contribution in [0.4, 0.5) is 0 Å². The van der Waals surface area contributed by atoms with Gasteiger partial charge in [-0.1, -0.05) is 23.8 Å². The van der Waals surface area contributed by atoms with Crippen molar-refractivity contribution in [3.05, 3.63) is 52.8 Å². The average Bonchev–Trinajstić information content (AvgIpc) is 2.69. The van der Waals surface area contributed by atoms with Gasteiger partial charge in [-0.2, -0.15) is 5.10 Å². The minimum atomic E-state index is -0.0249. The van der Waals surface area contributed by atoms with Crippen molar-refractivity contribution < 1.29 is 0 Å². The van der Waals surface area contributed by atoms with Crippen molar-refractivity contribution in [2.45, 2.75) is 19.9 Å². The zero-order chi connectivity index (χ0) is 12.4. The first-order valence-corrected chi connectivity index (χ1v) is 5.64. The van der Waals surface area contributed by atoms with E-state index in [0.29, 0.717) is 0 Å². The Morgan fingerprint density at radius 3 is 2.59 bits per heavy atom. The molecule has 1 aromatic carbocycles. The Morgan fingerprint density at radius 2 is 2.06 bits per heavy atom. The minimum absolute atomic E-state index is 0.0249. The predicted octanol–water partition coefficient (Wildman–Crippen LogP) is 1.59. The summed E-state index contributed by atoms with van der Waals surface area (Å²) in [5.74, 6) is 5.68. The first-order chi connectivity index (χ1) is 8.13. The monoisotopic (exact) mass is 230 g/mol. The number of hydrogen-bond donors (Lipinski definition) is 2. The Kier molecular flexibility index (Phi) is 3.26. The van der Waals surface area contributed by atoms with E-state index in [1.54, 1.807) is 6.20 Å². The van der Waals surface area contributed by atoms with Gasteiger partial charge in [-0.05, 0) is 31.0 Å². The highest BCUT2D eigenvalue weighted by atomic mass is 15.3. The molecular formula is C13H18N4. The maximum absolute atomic E-state index is 5.68. The highest BCUT2D eigenvalue weighted by Gasteiger charge is 2.17. The summed E-state index contributed by atoms with van der Waals surface area (Å²) in [5.41, 5.74) is 7.59. The molecule has 17 heavy (non-hydrogen) atoms. The fraction of sp³-hybridized carbons (Fsp3) is 0.308. The summed E-state index contributed by atoms with van der Waals surface area (Å²) in [6, 6.07) is 8.33. The fourth-order valence-corrected chi connectivity index (χ4v) is 2.15. The van der Waals surface area contributed by atoms with Gasteiger partial charge in [-0.25, -0.2) is 5.43 Å². The summed E-state index contributed by atoms with van der Waals surface area (Å²) < 4.78 is 1.84. The van der Waals surface area contributed by atoms with Crippen LogP contribution in [-0.2, 0) is 7.05 Å². The number of nitrogens with zero attached hydrogens (tertiary/aromatic N) is 2. The number of aromatic nitrogens is 2. The van der Waals surface area contributed by atoms with Gasteiger partial charge in [0, 0.05) is 13.2 Å². The molecule has 4 nitrogen and oxygen atoms in total. The third-order valence-electron chi connectivity index (χ3n) is 3.06. The number of hydrazine groups is 1. The van der Waals surface area contributed by atoms with Gasteiger partial charge in [0.05, 0.1) is 11.7 Å². The molecule has 3 N–H and O–H groups in total. The predicted molar refractivity (Wildman–Crippen MR) is 68.3 cm³/mol. The van der Waals surface area contributed by atoms with E-state index in [1.807, 2.05) is 17.8 Å². The van der Waals surface area contributed by atoms with E-state index in [9.17, 15) is 0 Å². The van der Waals surface area contributed by atoms with Crippen LogP contribution in [0.3, 0.4) is 0 Å². The molecular weight excluding hydrogens is 212 g/mol. The van der Waals surface area contributed by atoms with Gasteiger partial charge >= 0.3 is 0 Å². The normalized spacial score (nSPS) is 12.7. The summed E-state index contributed by atoms with van der Waals surface area (Å²) >= 11 is 0. The van der Waals surface area contributed by atoms with E-state index in [2.05, 4.69) is 42.6 Å². The summed E-state index contributed by atoms with van der Waals surface area (Å²) in [5, 5.41) is 4.18. The van der Waals surface area contributed by atoms with Crippen molar-refractivity contribution in [2.24, 2.45) is 12.9 Å². The molecule has 0 fully saturated rings. The maximum atomic E-state index is 5.68. The molecule has 1 heterocycles. The fourth-order valence-electron chi connectivity index (χ4n) is 2.15. The summed E-state index contributed by atoms with van der Waals surface area (Å²) in [6.07, 6.45) is 1.78. The molecule has 0 saturated heterocycles. The zero-order valence-corrected chi connectivity index (χ0v) is 10.4. The Bertz CT molecular complexity index is 516. The maximum Gasteiger partial charge on any atom is 0.0880 e. The van der Waals surface area contributed by atoms with Crippen LogP contribution in [0.2, 0.25) is 0 Å². The molecule has 0 aliphatic rings.